The van der Waals surface area contributed by atoms with Crippen molar-refractivity contribution in [2.75, 3.05) is 5.75 Å². The van der Waals surface area contributed by atoms with E-state index >= 15 is 0 Å². The third kappa shape index (κ3) is 7.24. The number of carbonyl (C=O) groups excluding carboxylic acids is 1. The Balaban J connectivity index is 1.25. The highest BCUT2D eigenvalue weighted by atomic mass is 32.2. The average Bonchev–Trinajstić information content (AvgIpc) is 3.43. The summed E-state index contributed by atoms with van der Waals surface area (Å²) in [6.07, 6.45) is 9.98. The van der Waals surface area contributed by atoms with Crippen LogP contribution >= 0.6 is 11.8 Å². The van der Waals surface area contributed by atoms with Crippen molar-refractivity contribution in [1.82, 2.24) is 19.6 Å². The molecule has 0 radical (unpaired) electrons. The number of hydrogen-bond acceptors (Lipinski definition) is 6. The largest absolute Gasteiger partial charge is 0.372 e. The van der Waals surface area contributed by atoms with Gasteiger partial charge in [0.25, 0.3) is 0 Å². The highest BCUT2D eigenvalue weighted by molar-refractivity contribution is 8.03. The quantitative estimate of drug-likeness (QED) is 0.181. The Morgan fingerprint density at radius 3 is 2.60 bits per heavy atom. The minimum atomic E-state index is -3.55. The third-order valence-electron chi connectivity index (χ3n) is 7.79. The number of para-hydroxylation sites is 1. The van der Waals surface area contributed by atoms with E-state index < -0.39 is 10.0 Å². The van der Waals surface area contributed by atoms with Crippen LogP contribution in [-0.2, 0) is 14.8 Å². The first-order valence-electron chi connectivity index (χ1n) is 14.6. The number of nitrogens with zero attached hydrogens (tertiary/aromatic N) is 1. The highest BCUT2D eigenvalue weighted by Gasteiger charge is 2.42. The van der Waals surface area contributed by atoms with E-state index in [1.807, 2.05) is 49.2 Å². The Hall–Kier alpha value is -2.46. The molecule has 10 heteroatoms. The Morgan fingerprint density at radius 1 is 1.18 bits per heavy atom. The van der Waals surface area contributed by atoms with Crippen molar-refractivity contribution in [2.24, 2.45) is 17.8 Å². The van der Waals surface area contributed by atoms with Crippen molar-refractivity contribution in [1.29, 1.82) is 0 Å². The van der Waals surface area contributed by atoms with Crippen molar-refractivity contribution < 1.29 is 13.2 Å². The molecule has 1 fully saturated rings. The number of amides is 1. The lowest BCUT2D eigenvalue weighted by molar-refractivity contribution is -0.120. The second-order valence-electron chi connectivity index (χ2n) is 11.6. The molecule has 2 aliphatic rings. The summed E-state index contributed by atoms with van der Waals surface area (Å²) in [5.74, 6) is 0.243. The van der Waals surface area contributed by atoms with Gasteiger partial charge in [0, 0.05) is 28.1 Å². The topological polar surface area (TPSA) is 113 Å². The number of carbonyl (C=O) groups is 1. The fraction of sp³-hybridized carbons (Fsp3) is 0.600. The molecule has 40 heavy (non-hydrogen) atoms. The molecule has 4 rings (SSSR count). The van der Waals surface area contributed by atoms with E-state index in [9.17, 15) is 18.0 Å². The Bertz CT molecular complexity index is 1440. The number of nitrogens with one attached hydrogen (secondary N) is 3. The highest BCUT2D eigenvalue weighted by Crippen LogP contribution is 2.45. The molecule has 1 amide bonds. The lowest BCUT2D eigenvalue weighted by atomic mass is 10.1. The molecule has 1 aliphatic heterocycles. The molecule has 220 valence electrons. The van der Waals surface area contributed by atoms with Gasteiger partial charge in [-0.3, -0.25) is 14.1 Å². The van der Waals surface area contributed by atoms with Crippen LogP contribution in [0.3, 0.4) is 0 Å². The van der Waals surface area contributed by atoms with E-state index in [2.05, 4.69) is 47.1 Å². The molecular weight excluding hydrogens is 544 g/mol. The molecule has 2 aromatic rings. The van der Waals surface area contributed by atoms with Crippen molar-refractivity contribution in [2.45, 2.75) is 91.0 Å². The van der Waals surface area contributed by atoms with Crippen LogP contribution < -0.4 is 15.7 Å². The number of aromatic amines is 1. The Morgan fingerprint density at radius 2 is 1.93 bits per heavy atom. The maximum absolute atomic E-state index is 12.6. The summed E-state index contributed by atoms with van der Waals surface area (Å²) in [5.41, 5.74) is 4.11. The minimum absolute atomic E-state index is 0.0109. The molecule has 2 heterocycles. The van der Waals surface area contributed by atoms with Gasteiger partial charge < -0.3 is 10.3 Å². The number of hydrogen-bond donors (Lipinski definition) is 3. The second kappa shape index (κ2) is 13.0. The van der Waals surface area contributed by atoms with Gasteiger partial charge in [0.05, 0.1) is 16.8 Å². The van der Waals surface area contributed by atoms with Crippen LogP contribution in [-0.4, -0.2) is 29.6 Å². The number of aromatic nitrogens is 2. The lowest BCUT2D eigenvalue weighted by Gasteiger charge is -2.16. The molecule has 0 bridgehead atoms. The molecule has 0 saturated heterocycles. The fourth-order valence-corrected chi connectivity index (χ4v) is 8.08. The van der Waals surface area contributed by atoms with Gasteiger partial charge in [0.2, 0.25) is 15.9 Å². The van der Waals surface area contributed by atoms with Gasteiger partial charge >= 0.3 is 5.69 Å². The van der Waals surface area contributed by atoms with Gasteiger partial charge in [-0.1, -0.05) is 63.2 Å². The predicted molar refractivity (Wildman–Crippen MR) is 164 cm³/mol. The summed E-state index contributed by atoms with van der Waals surface area (Å²) in [7, 11) is -3.55. The number of fused-ring (bicyclic) bond motifs is 1. The Kier molecular flexibility index (Phi) is 9.93. The maximum atomic E-state index is 12.6. The summed E-state index contributed by atoms with van der Waals surface area (Å²) < 4.78 is 28.5. The first kappa shape index (κ1) is 30.5. The van der Waals surface area contributed by atoms with E-state index in [-0.39, 0.29) is 34.7 Å². The summed E-state index contributed by atoms with van der Waals surface area (Å²) in [5, 5.41) is 3.77. The van der Waals surface area contributed by atoms with E-state index in [0.717, 1.165) is 55.1 Å². The van der Waals surface area contributed by atoms with Crippen LogP contribution in [0.1, 0.15) is 96.5 Å². The summed E-state index contributed by atoms with van der Waals surface area (Å²) in [4.78, 5) is 29.1. The van der Waals surface area contributed by atoms with Gasteiger partial charge in [-0.15, -0.1) is 0 Å². The van der Waals surface area contributed by atoms with Crippen molar-refractivity contribution in [3.05, 3.63) is 57.0 Å². The SMILES string of the molecule is CCC1C[C@@H]1C(=O)NS(=O)(=O)CCCC/C=C/CCC1=C(C(C)C)NC(c2cccc3c2[nH]c(=O)n3C(C)C)S1. The summed E-state index contributed by atoms with van der Waals surface area (Å²) in [6, 6.07) is 6.20. The van der Waals surface area contributed by atoms with Crippen LogP contribution in [0.15, 0.2) is 45.7 Å². The van der Waals surface area contributed by atoms with Gasteiger partial charge in [-0.25, -0.2) is 13.2 Å². The third-order valence-corrected chi connectivity index (χ3v) is 10.4. The average molecular weight is 589 g/mol. The molecule has 0 spiro atoms. The molecular formula is C30H44N4O4S2. The monoisotopic (exact) mass is 588 g/mol. The zero-order valence-electron chi connectivity index (χ0n) is 24.3. The molecule has 3 N–H and O–H groups in total. The normalized spacial score (nSPS) is 21.2. The van der Waals surface area contributed by atoms with Crippen LogP contribution in [0, 0.1) is 17.8 Å². The van der Waals surface area contributed by atoms with E-state index in [1.54, 1.807) is 0 Å². The number of rotatable bonds is 14. The zero-order chi connectivity index (χ0) is 29.0. The maximum Gasteiger partial charge on any atom is 0.326 e. The number of imidazole rings is 1. The van der Waals surface area contributed by atoms with Crippen molar-refractivity contribution >= 4 is 38.7 Å². The zero-order valence-corrected chi connectivity index (χ0v) is 26.0. The number of allylic oxidation sites excluding steroid dienone is 4. The van der Waals surface area contributed by atoms with E-state index in [0.29, 0.717) is 18.3 Å². The molecule has 8 nitrogen and oxygen atoms in total. The molecule has 1 aliphatic carbocycles. The summed E-state index contributed by atoms with van der Waals surface area (Å²) >= 11 is 1.83. The van der Waals surface area contributed by atoms with Gasteiger partial charge in [-0.2, -0.15) is 0 Å². The molecule has 2 unspecified atom stereocenters. The first-order chi connectivity index (χ1) is 19.0. The van der Waals surface area contributed by atoms with Crippen LogP contribution in [0.4, 0.5) is 0 Å². The minimum Gasteiger partial charge on any atom is -0.372 e. The van der Waals surface area contributed by atoms with Crippen LogP contribution in [0.25, 0.3) is 11.0 Å². The predicted octanol–water partition coefficient (Wildman–Crippen LogP) is 6.11. The number of thioether (sulfide) groups is 1. The van der Waals surface area contributed by atoms with Gasteiger partial charge in [0.1, 0.15) is 5.37 Å². The lowest BCUT2D eigenvalue weighted by Crippen LogP contribution is -2.34. The first-order valence-corrected chi connectivity index (χ1v) is 17.1. The molecule has 1 aromatic heterocycles. The van der Waals surface area contributed by atoms with Crippen molar-refractivity contribution in [3.63, 3.8) is 0 Å². The van der Waals surface area contributed by atoms with E-state index in [1.165, 1.54) is 10.6 Å². The van der Waals surface area contributed by atoms with Gasteiger partial charge in [0.15, 0.2) is 0 Å². The number of H-pyrrole nitrogens is 1. The molecule has 1 saturated carbocycles. The van der Waals surface area contributed by atoms with Crippen molar-refractivity contribution in [3.8, 4) is 0 Å². The van der Waals surface area contributed by atoms with Crippen LogP contribution in [0.5, 0.6) is 0 Å². The Labute approximate surface area is 242 Å². The molecule has 3 atom stereocenters. The smallest absolute Gasteiger partial charge is 0.326 e. The number of benzene rings is 1. The summed E-state index contributed by atoms with van der Waals surface area (Å²) in [6.45, 7) is 10.5. The number of sulfonamides is 1. The van der Waals surface area contributed by atoms with Gasteiger partial charge in [-0.05, 0) is 70.3 Å². The van der Waals surface area contributed by atoms with E-state index in [4.69, 9.17) is 0 Å². The standard InChI is InChI=1S/C30H44N4O4S2/c1-6-21-18-23(21)28(35)33-40(37,38)17-12-10-8-7-9-11-16-25-26(19(2)3)31-29(39-25)22-14-13-15-24-27(22)32-30(36)34(24)20(4)5/h7,9,13-15,19-21,23,29,31H,6,8,10-12,16-18H2,1-5H3,(H,32,36)(H,33,35)/b9-7+/t21?,23-,29?/m0/s1. The fourth-order valence-electron chi connectivity index (χ4n) is 5.49. The second-order valence-corrected chi connectivity index (χ2v) is 14.6. The molecule has 1 aromatic carbocycles. The number of unbranched alkanes of at least 4 members (excludes halogenated alkanes) is 2. The van der Waals surface area contributed by atoms with Crippen LogP contribution in [0.2, 0.25) is 0 Å².